The monoisotopic (exact) mass is 281 g/mol. The molecule has 4 heteroatoms. The van der Waals surface area contributed by atoms with Crippen molar-refractivity contribution in [2.24, 2.45) is 0 Å². The van der Waals surface area contributed by atoms with E-state index < -0.39 is 0 Å². The van der Waals surface area contributed by atoms with Gasteiger partial charge in [0, 0.05) is 16.6 Å². The Labute approximate surface area is 119 Å². The first-order valence-corrected chi connectivity index (χ1v) is 7.18. The first-order chi connectivity index (χ1) is 9.19. The van der Waals surface area contributed by atoms with Crippen LogP contribution in [-0.4, -0.2) is 19.1 Å². The maximum Gasteiger partial charge on any atom is 0.224 e. The molecule has 0 atom stereocenters. The summed E-state index contributed by atoms with van der Waals surface area (Å²) >= 11 is 5.96. The quantitative estimate of drug-likeness (QED) is 0.919. The number of hydrogen-bond acceptors (Lipinski definition) is 2. The number of methoxy groups -OCH3 is 1. The molecule has 1 N–H and O–H groups in total. The molecule has 0 bridgehead atoms. The van der Waals surface area contributed by atoms with Crippen molar-refractivity contribution >= 4 is 17.5 Å². The lowest BCUT2D eigenvalue weighted by molar-refractivity contribution is -0.121. The van der Waals surface area contributed by atoms with E-state index in [1.54, 1.807) is 25.3 Å². The number of carbonyl (C=O) groups is 1. The molecule has 0 unspecified atom stereocenters. The molecule has 104 valence electrons. The van der Waals surface area contributed by atoms with Gasteiger partial charge in [-0.05, 0) is 31.0 Å². The van der Waals surface area contributed by atoms with E-state index in [4.69, 9.17) is 16.3 Å². The molecule has 3 nitrogen and oxygen atoms in total. The molecule has 0 spiro atoms. The first kappa shape index (κ1) is 14.2. The summed E-state index contributed by atoms with van der Waals surface area (Å²) in [7, 11) is 1.60. The van der Waals surface area contributed by atoms with Crippen LogP contribution in [0.15, 0.2) is 18.2 Å². The van der Waals surface area contributed by atoms with E-state index in [0.29, 0.717) is 23.2 Å². The zero-order valence-corrected chi connectivity index (χ0v) is 12.0. The van der Waals surface area contributed by atoms with Gasteiger partial charge in [-0.25, -0.2) is 0 Å². The Kier molecular flexibility index (Phi) is 5.08. The highest BCUT2D eigenvalue weighted by atomic mass is 35.5. The molecule has 1 aromatic rings. The van der Waals surface area contributed by atoms with Crippen molar-refractivity contribution in [3.05, 3.63) is 28.8 Å². The molecule has 1 fully saturated rings. The lowest BCUT2D eigenvalue weighted by Crippen LogP contribution is -2.37. The van der Waals surface area contributed by atoms with E-state index in [0.717, 1.165) is 18.4 Å². The van der Waals surface area contributed by atoms with Crippen molar-refractivity contribution in [3.8, 4) is 5.75 Å². The van der Waals surface area contributed by atoms with Crippen LogP contribution in [-0.2, 0) is 11.2 Å². The molecule has 1 amide bonds. The normalized spacial score (nSPS) is 16.1. The molecule has 0 saturated heterocycles. The number of hydrogen-bond donors (Lipinski definition) is 1. The standard InChI is InChI=1S/C15H20ClNO2/c1-19-14-8-7-12(16)9-11(14)10-15(18)17-13-5-3-2-4-6-13/h7-9,13H,2-6,10H2,1H3,(H,17,18). The van der Waals surface area contributed by atoms with Gasteiger partial charge in [-0.3, -0.25) is 4.79 Å². The SMILES string of the molecule is COc1ccc(Cl)cc1CC(=O)NC1CCCCC1. The van der Waals surface area contributed by atoms with Crippen LogP contribution in [0.3, 0.4) is 0 Å². The van der Waals surface area contributed by atoms with Crippen molar-refractivity contribution in [3.63, 3.8) is 0 Å². The summed E-state index contributed by atoms with van der Waals surface area (Å²) in [5, 5.41) is 3.73. The number of ether oxygens (including phenoxy) is 1. The topological polar surface area (TPSA) is 38.3 Å². The average Bonchev–Trinajstić information content (AvgIpc) is 2.40. The summed E-state index contributed by atoms with van der Waals surface area (Å²) in [4.78, 5) is 12.1. The zero-order chi connectivity index (χ0) is 13.7. The summed E-state index contributed by atoms with van der Waals surface area (Å²) in [5.74, 6) is 0.760. The summed E-state index contributed by atoms with van der Waals surface area (Å²) < 4.78 is 5.25. The van der Waals surface area contributed by atoms with Gasteiger partial charge >= 0.3 is 0 Å². The van der Waals surface area contributed by atoms with Gasteiger partial charge in [-0.1, -0.05) is 30.9 Å². The zero-order valence-electron chi connectivity index (χ0n) is 11.2. The van der Waals surface area contributed by atoms with Crippen LogP contribution < -0.4 is 10.1 Å². The van der Waals surface area contributed by atoms with Crippen molar-refractivity contribution < 1.29 is 9.53 Å². The Morgan fingerprint density at radius 2 is 2.11 bits per heavy atom. The third-order valence-corrected chi connectivity index (χ3v) is 3.80. The predicted octanol–water partition coefficient (Wildman–Crippen LogP) is 3.34. The molecule has 1 aliphatic carbocycles. The molecular formula is C15H20ClNO2. The molecular weight excluding hydrogens is 262 g/mol. The number of carbonyl (C=O) groups excluding carboxylic acids is 1. The smallest absolute Gasteiger partial charge is 0.224 e. The van der Waals surface area contributed by atoms with Gasteiger partial charge in [-0.2, -0.15) is 0 Å². The first-order valence-electron chi connectivity index (χ1n) is 6.81. The number of nitrogens with one attached hydrogen (secondary N) is 1. The van der Waals surface area contributed by atoms with Gasteiger partial charge < -0.3 is 10.1 Å². The molecule has 1 aliphatic rings. The minimum Gasteiger partial charge on any atom is -0.496 e. The Morgan fingerprint density at radius 3 is 2.79 bits per heavy atom. The maximum atomic E-state index is 12.1. The number of benzene rings is 1. The van der Waals surface area contributed by atoms with Gasteiger partial charge in [0.25, 0.3) is 0 Å². The lowest BCUT2D eigenvalue weighted by Gasteiger charge is -2.23. The average molecular weight is 282 g/mol. The summed E-state index contributed by atoms with van der Waals surface area (Å²) in [6, 6.07) is 5.70. The van der Waals surface area contributed by atoms with Crippen LogP contribution in [0.2, 0.25) is 5.02 Å². The van der Waals surface area contributed by atoms with Crippen molar-refractivity contribution in [1.82, 2.24) is 5.32 Å². The van der Waals surface area contributed by atoms with Crippen LogP contribution >= 0.6 is 11.6 Å². The number of amides is 1. The molecule has 0 aromatic heterocycles. The van der Waals surface area contributed by atoms with Crippen LogP contribution in [0, 0.1) is 0 Å². The van der Waals surface area contributed by atoms with Gasteiger partial charge in [0.2, 0.25) is 5.91 Å². The fourth-order valence-corrected chi connectivity index (χ4v) is 2.78. The van der Waals surface area contributed by atoms with E-state index in [1.807, 2.05) is 0 Å². The highest BCUT2D eigenvalue weighted by molar-refractivity contribution is 6.30. The Morgan fingerprint density at radius 1 is 1.37 bits per heavy atom. The van der Waals surface area contributed by atoms with Crippen molar-refractivity contribution in [2.45, 2.75) is 44.6 Å². The third-order valence-electron chi connectivity index (χ3n) is 3.56. The fourth-order valence-electron chi connectivity index (χ4n) is 2.58. The second kappa shape index (κ2) is 6.80. The predicted molar refractivity (Wildman–Crippen MR) is 76.7 cm³/mol. The molecule has 2 rings (SSSR count). The van der Waals surface area contributed by atoms with E-state index in [9.17, 15) is 4.79 Å². The van der Waals surface area contributed by atoms with Crippen molar-refractivity contribution in [1.29, 1.82) is 0 Å². The van der Waals surface area contributed by atoms with Crippen molar-refractivity contribution in [2.75, 3.05) is 7.11 Å². The second-order valence-corrected chi connectivity index (χ2v) is 5.47. The Bertz CT molecular complexity index is 442. The van der Waals surface area contributed by atoms with Crippen LogP contribution in [0.1, 0.15) is 37.7 Å². The fraction of sp³-hybridized carbons (Fsp3) is 0.533. The van der Waals surface area contributed by atoms with Gasteiger partial charge in [0.15, 0.2) is 0 Å². The Hall–Kier alpha value is -1.22. The second-order valence-electron chi connectivity index (χ2n) is 5.04. The molecule has 0 radical (unpaired) electrons. The lowest BCUT2D eigenvalue weighted by atomic mass is 9.95. The van der Waals surface area contributed by atoms with E-state index in [1.165, 1.54) is 19.3 Å². The summed E-state index contributed by atoms with van der Waals surface area (Å²) in [5.41, 5.74) is 0.836. The summed E-state index contributed by atoms with van der Waals surface area (Å²) in [6.07, 6.45) is 6.22. The van der Waals surface area contributed by atoms with Gasteiger partial charge in [0.05, 0.1) is 13.5 Å². The van der Waals surface area contributed by atoms with E-state index >= 15 is 0 Å². The third kappa shape index (κ3) is 4.13. The summed E-state index contributed by atoms with van der Waals surface area (Å²) in [6.45, 7) is 0. The molecule has 1 saturated carbocycles. The van der Waals surface area contributed by atoms with E-state index in [-0.39, 0.29) is 5.91 Å². The number of halogens is 1. The van der Waals surface area contributed by atoms with Gasteiger partial charge in [-0.15, -0.1) is 0 Å². The number of rotatable bonds is 4. The highest BCUT2D eigenvalue weighted by Crippen LogP contribution is 2.23. The maximum absolute atomic E-state index is 12.1. The molecule has 1 aromatic carbocycles. The molecule has 19 heavy (non-hydrogen) atoms. The molecule has 0 aliphatic heterocycles. The Balaban J connectivity index is 1.95. The highest BCUT2D eigenvalue weighted by Gasteiger charge is 2.17. The van der Waals surface area contributed by atoms with Crippen LogP contribution in [0.25, 0.3) is 0 Å². The molecule has 0 heterocycles. The van der Waals surface area contributed by atoms with E-state index in [2.05, 4.69) is 5.32 Å². The minimum absolute atomic E-state index is 0.0486. The van der Waals surface area contributed by atoms with Crippen LogP contribution in [0.5, 0.6) is 5.75 Å². The van der Waals surface area contributed by atoms with Gasteiger partial charge in [0.1, 0.15) is 5.75 Å². The largest absolute Gasteiger partial charge is 0.496 e. The minimum atomic E-state index is 0.0486. The van der Waals surface area contributed by atoms with Crippen LogP contribution in [0.4, 0.5) is 0 Å².